The molecule has 1 aliphatic rings. The van der Waals surface area contributed by atoms with Gasteiger partial charge in [0.2, 0.25) is 0 Å². The largest absolute Gasteiger partial charge is 0.494 e. The molecule has 0 amide bonds. The summed E-state index contributed by atoms with van der Waals surface area (Å²) < 4.78 is 43.0. The van der Waals surface area contributed by atoms with Crippen molar-refractivity contribution in [2.75, 3.05) is 33.0 Å². The lowest BCUT2D eigenvalue weighted by atomic mass is 9.90. The van der Waals surface area contributed by atoms with Gasteiger partial charge in [0.25, 0.3) is 0 Å². The Labute approximate surface area is 268 Å². The summed E-state index contributed by atoms with van der Waals surface area (Å²) in [6, 6.07) is 19.0. The van der Waals surface area contributed by atoms with Gasteiger partial charge in [-0.25, -0.2) is 9.18 Å². The van der Waals surface area contributed by atoms with Crippen molar-refractivity contribution in [2.45, 2.75) is 84.7 Å². The highest BCUT2D eigenvalue weighted by atomic mass is 19.1. The molecule has 1 aliphatic heterocycles. The van der Waals surface area contributed by atoms with E-state index in [1.165, 1.54) is 25.3 Å². The first-order valence-electron chi connectivity index (χ1n) is 16.5. The molecule has 1 heterocycles. The molecule has 3 aromatic rings. The first-order valence-corrected chi connectivity index (χ1v) is 16.5. The Hall–Kier alpha value is -3.42. The number of unbranched alkanes of at least 4 members (excludes halogenated alkanes) is 6. The number of carbonyl (C=O) groups excluding carboxylic acids is 1. The number of halogens is 1. The summed E-state index contributed by atoms with van der Waals surface area (Å²) >= 11 is 0. The van der Waals surface area contributed by atoms with Crippen LogP contribution in [0.1, 0.15) is 88.9 Å². The molecule has 244 valence electrons. The zero-order valence-corrected chi connectivity index (χ0v) is 27.2. The van der Waals surface area contributed by atoms with Crippen molar-refractivity contribution in [3.05, 3.63) is 78.1 Å². The second-order valence-electron chi connectivity index (χ2n) is 12.5. The SMILES string of the molecule is CCCCCC[C@@H](C)Oc1ccc(-c2ccc(OC(=O)c3ccc(OCCCCCCOCC4(C)COC4)cc3)cc2)cc1F. The fourth-order valence-electron chi connectivity index (χ4n) is 5.18. The fourth-order valence-corrected chi connectivity index (χ4v) is 5.18. The third kappa shape index (κ3) is 11.5. The second kappa shape index (κ2) is 17.9. The van der Waals surface area contributed by atoms with Crippen molar-refractivity contribution in [3.8, 4) is 28.4 Å². The smallest absolute Gasteiger partial charge is 0.343 e. The van der Waals surface area contributed by atoms with E-state index < -0.39 is 5.97 Å². The molecule has 1 saturated heterocycles. The Bertz CT molecular complexity index is 1300. The summed E-state index contributed by atoms with van der Waals surface area (Å²) in [5.41, 5.74) is 2.19. The van der Waals surface area contributed by atoms with Gasteiger partial charge in [-0.15, -0.1) is 0 Å². The molecule has 0 bridgehead atoms. The number of hydrogen-bond donors (Lipinski definition) is 0. The summed E-state index contributed by atoms with van der Waals surface area (Å²) in [5.74, 6) is 0.567. The predicted molar refractivity (Wildman–Crippen MR) is 176 cm³/mol. The number of carbonyl (C=O) groups is 1. The lowest BCUT2D eigenvalue weighted by Gasteiger charge is -2.37. The van der Waals surface area contributed by atoms with E-state index in [1.54, 1.807) is 42.5 Å². The van der Waals surface area contributed by atoms with Crippen molar-refractivity contribution < 1.29 is 32.9 Å². The van der Waals surface area contributed by atoms with Crippen LogP contribution < -0.4 is 14.2 Å². The number of ether oxygens (including phenoxy) is 5. The molecule has 0 aromatic heterocycles. The zero-order chi connectivity index (χ0) is 31.9. The predicted octanol–water partition coefficient (Wildman–Crippen LogP) is 9.44. The Morgan fingerprint density at radius 1 is 0.844 bits per heavy atom. The van der Waals surface area contributed by atoms with Gasteiger partial charge in [-0.05, 0) is 98.7 Å². The van der Waals surface area contributed by atoms with E-state index in [4.69, 9.17) is 23.7 Å². The summed E-state index contributed by atoms with van der Waals surface area (Å²) in [4.78, 5) is 12.7. The maximum Gasteiger partial charge on any atom is 0.343 e. The molecule has 1 fully saturated rings. The number of hydrogen-bond acceptors (Lipinski definition) is 6. The highest BCUT2D eigenvalue weighted by Gasteiger charge is 2.33. The molecule has 1 atom stereocenters. The van der Waals surface area contributed by atoms with Crippen LogP contribution in [0.3, 0.4) is 0 Å². The molecule has 0 spiro atoms. The number of esters is 1. The Morgan fingerprint density at radius 2 is 1.51 bits per heavy atom. The van der Waals surface area contributed by atoms with Crippen LogP contribution in [0.5, 0.6) is 17.2 Å². The van der Waals surface area contributed by atoms with Crippen molar-refractivity contribution >= 4 is 5.97 Å². The average molecular weight is 621 g/mol. The van der Waals surface area contributed by atoms with Crippen LogP contribution in [0.25, 0.3) is 11.1 Å². The molecule has 0 N–H and O–H groups in total. The maximum absolute atomic E-state index is 14.8. The van der Waals surface area contributed by atoms with Gasteiger partial charge in [0.1, 0.15) is 11.5 Å². The summed E-state index contributed by atoms with van der Waals surface area (Å²) in [6.07, 6.45) is 9.75. The topological polar surface area (TPSA) is 63.2 Å². The van der Waals surface area contributed by atoms with E-state index in [9.17, 15) is 9.18 Å². The van der Waals surface area contributed by atoms with Crippen molar-refractivity contribution in [2.24, 2.45) is 5.41 Å². The van der Waals surface area contributed by atoms with Gasteiger partial charge >= 0.3 is 5.97 Å². The van der Waals surface area contributed by atoms with E-state index in [0.29, 0.717) is 17.9 Å². The van der Waals surface area contributed by atoms with Crippen LogP contribution in [-0.4, -0.2) is 45.1 Å². The lowest BCUT2D eigenvalue weighted by molar-refractivity contribution is -0.137. The molecule has 4 rings (SSSR count). The average Bonchev–Trinajstić information content (AvgIpc) is 3.03. The first-order chi connectivity index (χ1) is 21.8. The van der Waals surface area contributed by atoms with Gasteiger partial charge in [-0.2, -0.15) is 0 Å². The number of rotatable bonds is 20. The molecule has 0 unspecified atom stereocenters. The van der Waals surface area contributed by atoms with E-state index in [-0.39, 0.29) is 23.1 Å². The molecule has 45 heavy (non-hydrogen) atoms. The normalized spacial score (nSPS) is 14.4. The van der Waals surface area contributed by atoms with Crippen LogP contribution in [0.15, 0.2) is 66.7 Å². The summed E-state index contributed by atoms with van der Waals surface area (Å²) in [7, 11) is 0. The molecule has 3 aromatic carbocycles. The minimum atomic E-state index is -0.452. The van der Waals surface area contributed by atoms with Crippen molar-refractivity contribution in [1.29, 1.82) is 0 Å². The van der Waals surface area contributed by atoms with E-state index in [2.05, 4.69) is 13.8 Å². The second-order valence-corrected chi connectivity index (χ2v) is 12.5. The van der Waals surface area contributed by atoms with Crippen LogP contribution >= 0.6 is 0 Å². The van der Waals surface area contributed by atoms with E-state index in [0.717, 1.165) is 81.8 Å². The van der Waals surface area contributed by atoms with E-state index in [1.807, 2.05) is 25.1 Å². The van der Waals surface area contributed by atoms with Gasteiger partial charge < -0.3 is 23.7 Å². The minimum Gasteiger partial charge on any atom is -0.494 e. The quantitative estimate of drug-likeness (QED) is 0.0712. The third-order valence-corrected chi connectivity index (χ3v) is 8.02. The first kappa shape index (κ1) is 34.5. The molecule has 0 aliphatic carbocycles. The summed E-state index contributed by atoms with van der Waals surface area (Å²) in [5, 5.41) is 0. The molecular formula is C38H49FO6. The highest BCUT2D eigenvalue weighted by Crippen LogP contribution is 2.29. The Balaban J connectivity index is 1.14. The van der Waals surface area contributed by atoms with Gasteiger partial charge in [-0.3, -0.25) is 0 Å². The van der Waals surface area contributed by atoms with Crippen molar-refractivity contribution in [1.82, 2.24) is 0 Å². The van der Waals surface area contributed by atoms with Gasteiger partial charge in [0, 0.05) is 12.0 Å². The zero-order valence-electron chi connectivity index (χ0n) is 27.2. The van der Waals surface area contributed by atoms with Crippen LogP contribution in [-0.2, 0) is 9.47 Å². The van der Waals surface area contributed by atoms with Crippen molar-refractivity contribution in [3.63, 3.8) is 0 Å². The Kier molecular flexibility index (Phi) is 13.7. The monoisotopic (exact) mass is 620 g/mol. The van der Waals surface area contributed by atoms with Crippen LogP contribution in [0.2, 0.25) is 0 Å². The van der Waals surface area contributed by atoms with Gasteiger partial charge in [-0.1, -0.05) is 57.7 Å². The molecular weight excluding hydrogens is 571 g/mol. The molecule has 6 nitrogen and oxygen atoms in total. The lowest BCUT2D eigenvalue weighted by Crippen LogP contribution is -2.43. The molecule has 7 heteroatoms. The standard InChI is InChI=1S/C38H49FO6/c1-4-5-6-9-12-29(2)44-36-22-17-32(25-35(36)39)30-13-20-34(21-14-30)45-37(40)31-15-18-33(19-16-31)43-24-11-8-7-10-23-41-26-38(3)27-42-28-38/h13-22,25,29H,4-12,23-24,26-28H2,1-3H3/t29-/m1/s1. The molecule has 0 saturated carbocycles. The van der Waals surface area contributed by atoms with Gasteiger partial charge in [0.05, 0.1) is 38.1 Å². The minimum absolute atomic E-state index is 0.0345. The van der Waals surface area contributed by atoms with Crippen LogP contribution in [0.4, 0.5) is 4.39 Å². The fraction of sp³-hybridized carbons (Fsp3) is 0.500. The Morgan fingerprint density at radius 3 is 2.18 bits per heavy atom. The maximum atomic E-state index is 14.8. The van der Waals surface area contributed by atoms with Gasteiger partial charge in [0.15, 0.2) is 11.6 Å². The number of benzene rings is 3. The van der Waals surface area contributed by atoms with Crippen LogP contribution in [0, 0.1) is 11.2 Å². The summed E-state index contributed by atoms with van der Waals surface area (Å²) in [6.45, 7) is 10.2. The molecule has 0 radical (unpaired) electrons. The van der Waals surface area contributed by atoms with E-state index >= 15 is 0 Å². The highest BCUT2D eigenvalue weighted by molar-refractivity contribution is 5.91. The third-order valence-electron chi connectivity index (χ3n) is 8.02.